The van der Waals surface area contributed by atoms with Gasteiger partial charge in [0.1, 0.15) is 35.9 Å². The third kappa shape index (κ3) is 9.38. The number of aliphatic hydroxyl groups excluding tert-OH is 1. The van der Waals surface area contributed by atoms with Crippen molar-refractivity contribution >= 4 is 58.2 Å². The third-order valence-corrected chi connectivity index (χ3v) is 9.33. The first-order chi connectivity index (χ1) is 23.7. The standard InChI is InChI=1S/C34H43N7O8S/c1-16(2)13-23-29(44)36-18(4)28(43)41-27(19(5)42)32(47)39-25(34(48)49)15-50-33-21(20-10-6-7-11-22(20)40-33)14-24(30(45)37-23)38-31(46)26-17(3)9-8-12-35-26/h6-12,16,18-19,23-25,27,40,42H,13-15H2,1-5H3,(H,36,44)(H,37,45)(H,38,46)(H,39,47)(H,41,43)(H,48,49)/t18-,19-,23+,24+,25+,27+/m1/s1. The minimum absolute atomic E-state index is 0.0700. The first-order valence-corrected chi connectivity index (χ1v) is 17.2. The van der Waals surface area contributed by atoms with Gasteiger partial charge in [-0.25, -0.2) is 4.79 Å². The smallest absolute Gasteiger partial charge is 0.327 e. The lowest BCUT2D eigenvalue weighted by molar-refractivity contribution is -0.142. The van der Waals surface area contributed by atoms with Crippen molar-refractivity contribution in [2.45, 2.75) is 88.8 Å². The molecule has 0 bridgehead atoms. The van der Waals surface area contributed by atoms with Crippen molar-refractivity contribution in [2.24, 2.45) is 5.92 Å². The lowest BCUT2D eigenvalue weighted by Gasteiger charge is -2.27. The molecular weight excluding hydrogens is 666 g/mol. The molecule has 8 N–H and O–H groups in total. The van der Waals surface area contributed by atoms with Crippen LogP contribution in [0.5, 0.6) is 0 Å². The van der Waals surface area contributed by atoms with Gasteiger partial charge in [-0.1, -0.05) is 38.1 Å². The number of nitrogens with zero attached hydrogens (tertiary/aromatic N) is 1. The Hall–Kier alpha value is -4.96. The molecule has 0 unspecified atom stereocenters. The molecule has 0 fully saturated rings. The third-order valence-electron chi connectivity index (χ3n) is 8.19. The van der Waals surface area contributed by atoms with E-state index in [1.807, 2.05) is 19.9 Å². The molecule has 0 saturated carbocycles. The first-order valence-electron chi connectivity index (χ1n) is 16.2. The van der Waals surface area contributed by atoms with Gasteiger partial charge in [-0.2, -0.15) is 0 Å². The summed E-state index contributed by atoms with van der Waals surface area (Å²) in [4.78, 5) is 87.3. The maximum Gasteiger partial charge on any atom is 0.327 e. The van der Waals surface area contributed by atoms with Gasteiger partial charge in [0.25, 0.3) is 5.91 Å². The number of aliphatic hydroxyl groups is 1. The maximum atomic E-state index is 14.1. The number of carbonyl (C=O) groups is 6. The van der Waals surface area contributed by atoms with Crippen LogP contribution in [0.15, 0.2) is 47.6 Å². The average Bonchev–Trinajstić information content (AvgIpc) is 3.40. The molecule has 2 aromatic heterocycles. The molecule has 6 atom stereocenters. The van der Waals surface area contributed by atoms with Crippen LogP contribution < -0.4 is 26.6 Å². The van der Waals surface area contributed by atoms with E-state index < -0.39 is 71.8 Å². The Morgan fingerprint density at radius 3 is 2.34 bits per heavy atom. The average molecular weight is 710 g/mol. The maximum absolute atomic E-state index is 14.1. The quantitative estimate of drug-likeness (QED) is 0.179. The second-order valence-corrected chi connectivity index (χ2v) is 13.8. The lowest BCUT2D eigenvalue weighted by atomic mass is 10.00. The summed E-state index contributed by atoms with van der Waals surface area (Å²) in [6, 6.07) is 4.06. The monoisotopic (exact) mass is 709 g/mol. The lowest BCUT2D eigenvalue weighted by Crippen LogP contribution is -2.60. The van der Waals surface area contributed by atoms with E-state index in [2.05, 4.69) is 36.6 Å². The number of benzene rings is 1. The van der Waals surface area contributed by atoms with Gasteiger partial charge >= 0.3 is 5.97 Å². The summed E-state index contributed by atoms with van der Waals surface area (Å²) in [5.74, 6) is -5.34. The molecule has 5 amide bonds. The number of aryl methyl sites for hydroxylation is 1. The van der Waals surface area contributed by atoms with Crippen molar-refractivity contribution in [1.29, 1.82) is 0 Å². The molecule has 0 spiro atoms. The normalized spacial score (nSPS) is 23.4. The van der Waals surface area contributed by atoms with Gasteiger partial charge in [-0.3, -0.25) is 29.0 Å². The van der Waals surface area contributed by atoms with Crippen LogP contribution in [0.4, 0.5) is 0 Å². The SMILES string of the molecule is Cc1cccnc1C(=O)N[C@H]1Cc2c([nH]c3ccccc23)SC[C@@H](C(=O)O)NC(=O)[C@H]([C@@H](C)O)NC(=O)[C@@H](C)NC(=O)[C@H](CC(C)C)NC1=O. The number of nitrogens with one attached hydrogen (secondary N) is 6. The fourth-order valence-corrected chi connectivity index (χ4v) is 6.61. The zero-order valence-electron chi connectivity index (χ0n) is 28.4. The van der Waals surface area contributed by atoms with Gasteiger partial charge in [-0.05, 0) is 56.4 Å². The molecule has 4 rings (SSSR count). The number of hydrogen-bond acceptors (Lipinski definition) is 9. The van der Waals surface area contributed by atoms with Crippen molar-refractivity contribution in [2.75, 3.05) is 5.75 Å². The second kappa shape index (κ2) is 16.6. The van der Waals surface area contributed by atoms with E-state index in [0.717, 1.165) is 11.8 Å². The van der Waals surface area contributed by atoms with Crippen LogP contribution in [-0.4, -0.2) is 97.8 Å². The topological polar surface area (TPSA) is 232 Å². The molecule has 15 nitrogen and oxygen atoms in total. The highest BCUT2D eigenvalue weighted by molar-refractivity contribution is 7.99. The number of amides is 5. The number of H-pyrrole nitrogens is 1. The van der Waals surface area contributed by atoms with Crippen molar-refractivity contribution in [3.8, 4) is 0 Å². The van der Waals surface area contributed by atoms with Crippen molar-refractivity contribution in [1.82, 2.24) is 36.6 Å². The summed E-state index contributed by atoms with van der Waals surface area (Å²) in [6.45, 7) is 8.05. The van der Waals surface area contributed by atoms with Crippen LogP contribution in [0.2, 0.25) is 0 Å². The van der Waals surface area contributed by atoms with Crippen molar-refractivity contribution in [3.05, 3.63) is 59.4 Å². The van der Waals surface area contributed by atoms with Gasteiger partial charge in [0.15, 0.2) is 0 Å². The van der Waals surface area contributed by atoms with Gasteiger partial charge in [0.2, 0.25) is 23.6 Å². The molecule has 50 heavy (non-hydrogen) atoms. The van der Waals surface area contributed by atoms with E-state index in [4.69, 9.17) is 0 Å². The molecule has 1 aromatic carbocycles. The van der Waals surface area contributed by atoms with Crippen molar-refractivity contribution < 1.29 is 39.0 Å². The van der Waals surface area contributed by atoms with Gasteiger partial charge in [0, 0.05) is 29.3 Å². The van der Waals surface area contributed by atoms with Crippen LogP contribution in [0.3, 0.4) is 0 Å². The van der Waals surface area contributed by atoms with Crippen molar-refractivity contribution in [3.63, 3.8) is 0 Å². The number of pyridine rings is 1. The highest BCUT2D eigenvalue weighted by Crippen LogP contribution is 2.31. The Morgan fingerprint density at radius 1 is 0.960 bits per heavy atom. The number of thioether (sulfide) groups is 1. The number of carboxylic acid groups (broad SMARTS) is 1. The summed E-state index contributed by atoms with van der Waals surface area (Å²) < 4.78 is 0. The van der Waals surface area contributed by atoms with E-state index in [1.54, 1.807) is 37.3 Å². The van der Waals surface area contributed by atoms with Crippen LogP contribution in [-0.2, 0) is 30.4 Å². The molecule has 0 aliphatic carbocycles. The van der Waals surface area contributed by atoms with Crippen LogP contribution in [0, 0.1) is 12.8 Å². The Kier molecular flexibility index (Phi) is 12.6. The number of fused-ring (bicyclic) bond motifs is 3. The fourth-order valence-electron chi connectivity index (χ4n) is 5.51. The number of para-hydroxylation sites is 1. The van der Waals surface area contributed by atoms with Gasteiger partial charge < -0.3 is 41.8 Å². The Labute approximate surface area is 293 Å². The fraction of sp³-hybridized carbons (Fsp3) is 0.441. The van der Waals surface area contributed by atoms with E-state index in [-0.39, 0.29) is 30.2 Å². The van der Waals surface area contributed by atoms with E-state index in [9.17, 15) is 39.0 Å². The number of rotatable bonds is 6. The molecule has 3 heterocycles. The molecule has 0 radical (unpaired) electrons. The first kappa shape index (κ1) is 37.9. The minimum atomic E-state index is -1.53. The van der Waals surface area contributed by atoms with Gasteiger partial charge in [-0.15, -0.1) is 11.8 Å². The number of carbonyl (C=O) groups excluding carboxylic acids is 5. The number of carboxylic acids is 1. The second-order valence-electron chi connectivity index (χ2n) is 12.7. The summed E-state index contributed by atoms with van der Waals surface area (Å²) >= 11 is 1.07. The number of aromatic amines is 1. The zero-order valence-corrected chi connectivity index (χ0v) is 29.2. The van der Waals surface area contributed by atoms with E-state index >= 15 is 0 Å². The number of aromatic nitrogens is 2. The Bertz CT molecular complexity index is 1760. The Balaban J connectivity index is 1.81. The summed E-state index contributed by atoms with van der Waals surface area (Å²) in [5.41, 5.74) is 1.96. The zero-order chi connectivity index (χ0) is 36.7. The largest absolute Gasteiger partial charge is 0.480 e. The van der Waals surface area contributed by atoms with Crippen LogP contribution in [0.25, 0.3) is 10.9 Å². The van der Waals surface area contributed by atoms with Crippen LogP contribution in [0.1, 0.15) is 55.7 Å². The highest BCUT2D eigenvalue weighted by Gasteiger charge is 2.34. The molecule has 1 aliphatic heterocycles. The summed E-state index contributed by atoms with van der Waals surface area (Å²) in [7, 11) is 0. The highest BCUT2D eigenvalue weighted by atomic mass is 32.2. The number of hydrogen-bond donors (Lipinski definition) is 8. The van der Waals surface area contributed by atoms with Gasteiger partial charge in [0.05, 0.1) is 11.1 Å². The van der Waals surface area contributed by atoms with Crippen LogP contribution >= 0.6 is 11.8 Å². The molecule has 0 saturated heterocycles. The predicted molar refractivity (Wildman–Crippen MR) is 185 cm³/mol. The van der Waals surface area contributed by atoms with E-state index in [1.165, 1.54) is 20.0 Å². The minimum Gasteiger partial charge on any atom is -0.480 e. The summed E-state index contributed by atoms with van der Waals surface area (Å²) in [5, 5.41) is 34.4. The van der Waals surface area contributed by atoms with E-state index in [0.29, 0.717) is 27.1 Å². The summed E-state index contributed by atoms with van der Waals surface area (Å²) in [6.07, 6.45) is 0.167. The molecule has 3 aromatic rings. The molecular formula is C34H43N7O8S. The predicted octanol–water partition coefficient (Wildman–Crippen LogP) is 0.789. The molecule has 1 aliphatic rings. The molecule has 16 heteroatoms. The molecule has 268 valence electrons. The number of aliphatic carboxylic acids is 1. The Morgan fingerprint density at radius 2 is 1.68 bits per heavy atom.